The highest BCUT2D eigenvalue weighted by Crippen LogP contribution is 2.27. The fourth-order valence-electron chi connectivity index (χ4n) is 3.86. The maximum atomic E-state index is 13.0. The van der Waals surface area contributed by atoms with Gasteiger partial charge in [-0.25, -0.2) is 16.8 Å². The minimum atomic E-state index is -4.08. The number of carbonyl (C=O) groups excluding carboxylic acids is 1. The molecule has 0 atom stereocenters. The minimum absolute atomic E-state index is 0.0187. The molecule has 11 heteroatoms. The maximum absolute atomic E-state index is 13.0. The zero-order valence-corrected chi connectivity index (χ0v) is 23.7. The van der Waals surface area contributed by atoms with Gasteiger partial charge in [0.05, 0.1) is 15.6 Å². The second-order valence-electron chi connectivity index (χ2n) is 8.97. The average molecular weight is 584 g/mol. The number of hydrogen-bond acceptors (Lipinski definition) is 5. The number of benzene rings is 4. The zero-order chi connectivity index (χ0) is 28.4. The highest BCUT2D eigenvalue weighted by molar-refractivity contribution is 7.93. The molecule has 39 heavy (non-hydrogen) atoms. The van der Waals surface area contributed by atoms with Gasteiger partial charge in [0.15, 0.2) is 0 Å². The molecule has 4 aromatic rings. The van der Waals surface area contributed by atoms with Crippen molar-refractivity contribution in [1.29, 1.82) is 0 Å². The molecule has 3 N–H and O–H groups in total. The second-order valence-corrected chi connectivity index (χ2v) is 12.7. The van der Waals surface area contributed by atoms with Gasteiger partial charge in [-0.2, -0.15) is 0 Å². The first-order chi connectivity index (χ1) is 18.4. The molecule has 0 heterocycles. The zero-order valence-electron chi connectivity index (χ0n) is 21.3. The first-order valence-electron chi connectivity index (χ1n) is 11.8. The van der Waals surface area contributed by atoms with Crippen LogP contribution in [0.2, 0.25) is 5.02 Å². The first-order valence-corrected chi connectivity index (χ1v) is 15.1. The van der Waals surface area contributed by atoms with Crippen molar-refractivity contribution in [2.24, 2.45) is 0 Å². The number of amides is 1. The third-order valence-corrected chi connectivity index (χ3v) is 9.12. The molecule has 0 aliphatic carbocycles. The average Bonchev–Trinajstić information content (AvgIpc) is 2.86. The normalized spacial score (nSPS) is 11.6. The highest BCUT2D eigenvalue weighted by atomic mass is 35.5. The van der Waals surface area contributed by atoms with Gasteiger partial charge in [-0.3, -0.25) is 14.2 Å². The summed E-state index contributed by atoms with van der Waals surface area (Å²) in [6, 6.07) is 21.9. The van der Waals surface area contributed by atoms with Gasteiger partial charge >= 0.3 is 0 Å². The summed E-state index contributed by atoms with van der Waals surface area (Å²) in [5, 5.41) is 2.60. The second kappa shape index (κ2) is 11.1. The Morgan fingerprint density at radius 1 is 0.692 bits per heavy atom. The van der Waals surface area contributed by atoms with E-state index < -0.39 is 26.0 Å². The molecule has 0 saturated carbocycles. The lowest BCUT2D eigenvalue weighted by Gasteiger charge is -2.14. The number of hydrogen-bond donors (Lipinski definition) is 3. The van der Waals surface area contributed by atoms with E-state index in [-0.39, 0.29) is 20.4 Å². The van der Waals surface area contributed by atoms with Crippen LogP contribution >= 0.6 is 11.6 Å². The summed E-state index contributed by atoms with van der Waals surface area (Å²) >= 11 is 6.17. The van der Waals surface area contributed by atoms with Gasteiger partial charge in [-0.05, 0) is 92.1 Å². The summed E-state index contributed by atoms with van der Waals surface area (Å²) in [6.45, 7) is 5.46. The third kappa shape index (κ3) is 6.59. The SMILES string of the molecule is Cc1cccc(NS(=O)(=O)c2cc(C(=O)Nc3ccc(S(=O)(=O)Nc4c(C)cccc4C)cc3)ccc2Cl)c1. The Balaban J connectivity index is 1.51. The number of anilines is 3. The lowest BCUT2D eigenvalue weighted by Crippen LogP contribution is -2.17. The molecule has 4 aromatic carbocycles. The largest absolute Gasteiger partial charge is 0.322 e. The highest BCUT2D eigenvalue weighted by Gasteiger charge is 2.21. The summed E-state index contributed by atoms with van der Waals surface area (Å²) in [4.78, 5) is 12.7. The van der Waals surface area contributed by atoms with Crippen molar-refractivity contribution in [3.8, 4) is 0 Å². The molecule has 0 saturated heterocycles. The number of aryl methyl sites for hydroxylation is 3. The summed E-state index contributed by atoms with van der Waals surface area (Å²) < 4.78 is 56.8. The third-order valence-electron chi connectivity index (χ3n) is 5.89. The number of nitrogens with one attached hydrogen (secondary N) is 3. The Hall–Kier alpha value is -3.86. The number of para-hydroxylation sites is 1. The van der Waals surface area contributed by atoms with E-state index in [4.69, 9.17) is 11.6 Å². The standard InChI is InChI=1S/C28H26ClN3O5S2/c1-18-6-4-9-23(16-18)31-39(36,37)26-17-21(10-15-25(26)29)28(33)30-22-11-13-24(14-12-22)38(34,35)32-27-19(2)7-5-8-20(27)3/h4-17,31-32H,1-3H3,(H,30,33). The van der Waals surface area contributed by atoms with Gasteiger partial charge in [-0.1, -0.05) is 41.9 Å². The van der Waals surface area contributed by atoms with Crippen LogP contribution in [0.1, 0.15) is 27.0 Å². The summed E-state index contributed by atoms with van der Waals surface area (Å²) in [6.07, 6.45) is 0. The van der Waals surface area contributed by atoms with Gasteiger partial charge in [0.25, 0.3) is 26.0 Å². The molecular weight excluding hydrogens is 558 g/mol. The van der Waals surface area contributed by atoms with Crippen LogP contribution in [-0.2, 0) is 20.0 Å². The van der Waals surface area contributed by atoms with Crippen LogP contribution in [0.5, 0.6) is 0 Å². The molecule has 0 bridgehead atoms. The number of carbonyl (C=O) groups is 1. The molecule has 1 amide bonds. The topological polar surface area (TPSA) is 121 Å². The van der Waals surface area contributed by atoms with Crippen molar-refractivity contribution in [1.82, 2.24) is 0 Å². The smallest absolute Gasteiger partial charge is 0.263 e. The van der Waals surface area contributed by atoms with Crippen molar-refractivity contribution in [3.05, 3.63) is 112 Å². The molecule has 0 aliphatic heterocycles. The molecular formula is C28H26ClN3O5S2. The van der Waals surface area contributed by atoms with E-state index in [1.165, 1.54) is 42.5 Å². The van der Waals surface area contributed by atoms with Gasteiger partial charge < -0.3 is 5.32 Å². The Kier molecular flexibility index (Phi) is 8.01. The van der Waals surface area contributed by atoms with Crippen LogP contribution in [0, 0.1) is 20.8 Å². The molecule has 8 nitrogen and oxygen atoms in total. The Morgan fingerprint density at radius 3 is 1.97 bits per heavy atom. The molecule has 0 aromatic heterocycles. The number of sulfonamides is 2. The Bertz CT molecular complexity index is 1750. The predicted octanol–water partition coefficient (Wildman–Crippen LogP) is 6.12. The quantitative estimate of drug-likeness (QED) is 0.231. The minimum Gasteiger partial charge on any atom is -0.322 e. The summed E-state index contributed by atoms with van der Waals surface area (Å²) in [7, 11) is -7.94. The molecule has 202 valence electrons. The van der Waals surface area contributed by atoms with E-state index in [2.05, 4.69) is 14.8 Å². The van der Waals surface area contributed by atoms with Crippen LogP contribution in [0.15, 0.2) is 94.7 Å². The molecule has 0 spiro atoms. The van der Waals surface area contributed by atoms with Gasteiger partial charge in [-0.15, -0.1) is 0 Å². The molecule has 0 radical (unpaired) electrons. The van der Waals surface area contributed by atoms with Crippen LogP contribution < -0.4 is 14.8 Å². The van der Waals surface area contributed by atoms with Crippen LogP contribution in [-0.4, -0.2) is 22.7 Å². The molecule has 4 rings (SSSR count). The van der Waals surface area contributed by atoms with Crippen LogP contribution in [0.4, 0.5) is 17.1 Å². The lowest BCUT2D eigenvalue weighted by atomic mass is 10.1. The summed E-state index contributed by atoms with van der Waals surface area (Å²) in [5.41, 5.74) is 3.71. The number of rotatable bonds is 8. The number of halogens is 1. The monoisotopic (exact) mass is 583 g/mol. The molecule has 0 fully saturated rings. The summed E-state index contributed by atoms with van der Waals surface area (Å²) in [5.74, 6) is -0.595. The van der Waals surface area contributed by atoms with Gasteiger partial charge in [0, 0.05) is 16.9 Å². The van der Waals surface area contributed by atoms with Gasteiger partial charge in [0.1, 0.15) is 4.90 Å². The fourth-order valence-corrected chi connectivity index (χ4v) is 6.64. The first kappa shape index (κ1) is 28.2. The van der Waals surface area contributed by atoms with Crippen molar-refractivity contribution in [3.63, 3.8) is 0 Å². The van der Waals surface area contributed by atoms with Crippen LogP contribution in [0.25, 0.3) is 0 Å². The van der Waals surface area contributed by atoms with E-state index in [0.29, 0.717) is 17.1 Å². The van der Waals surface area contributed by atoms with E-state index in [1.54, 1.807) is 18.2 Å². The van der Waals surface area contributed by atoms with E-state index >= 15 is 0 Å². The maximum Gasteiger partial charge on any atom is 0.263 e. The van der Waals surface area contributed by atoms with Crippen molar-refractivity contribution >= 4 is 54.6 Å². The predicted molar refractivity (Wildman–Crippen MR) is 155 cm³/mol. The van der Waals surface area contributed by atoms with Crippen LogP contribution in [0.3, 0.4) is 0 Å². The van der Waals surface area contributed by atoms with Gasteiger partial charge in [0.2, 0.25) is 0 Å². The van der Waals surface area contributed by atoms with E-state index in [9.17, 15) is 21.6 Å². The van der Waals surface area contributed by atoms with E-state index in [0.717, 1.165) is 16.7 Å². The fraction of sp³-hybridized carbons (Fsp3) is 0.107. The lowest BCUT2D eigenvalue weighted by molar-refractivity contribution is 0.102. The van der Waals surface area contributed by atoms with Crippen molar-refractivity contribution in [2.45, 2.75) is 30.6 Å². The van der Waals surface area contributed by atoms with E-state index in [1.807, 2.05) is 45.0 Å². The molecule has 0 aliphatic rings. The molecule has 0 unspecified atom stereocenters. The van der Waals surface area contributed by atoms with Crippen molar-refractivity contribution < 1.29 is 21.6 Å². The Morgan fingerprint density at radius 2 is 1.33 bits per heavy atom. The van der Waals surface area contributed by atoms with Crippen molar-refractivity contribution in [2.75, 3.05) is 14.8 Å². The Labute approximate surface area is 233 Å².